The molecule has 1 fully saturated rings. The predicted molar refractivity (Wildman–Crippen MR) is 41.1 cm³/mol. The van der Waals surface area contributed by atoms with E-state index in [1.807, 2.05) is 27.7 Å². The molecule has 1 rings (SSSR count). The van der Waals surface area contributed by atoms with E-state index in [2.05, 4.69) is 0 Å². The Hall–Kier alpha value is -0.120. The maximum Gasteiger partial charge on any atom is 0.272 e. The van der Waals surface area contributed by atoms with Crippen molar-refractivity contribution in [1.82, 2.24) is 0 Å². The highest BCUT2D eigenvalue weighted by Gasteiger charge is 2.40. The quantitative estimate of drug-likeness (QED) is 0.613. The molecule has 0 amide bonds. The molecule has 11 heavy (non-hydrogen) atoms. The van der Waals surface area contributed by atoms with Gasteiger partial charge in [-0.2, -0.15) is 0 Å². The minimum atomic E-state index is -0.468. The molecule has 0 aromatic carbocycles. The van der Waals surface area contributed by atoms with Gasteiger partial charge in [0.2, 0.25) is 0 Å². The zero-order valence-corrected chi connectivity index (χ0v) is 7.59. The second-order valence-corrected chi connectivity index (χ2v) is 3.24. The molecule has 0 aromatic rings. The Morgan fingerprint density at radius 3 is 2.45 bits per heavy atom. The molecule has 1 aliphatic rings. The van der Waals surface area contributed by atoms with Gasteiger partial charge in [-0.3, -0.25) is 0 Å². The van der Waals surface area contributed by atoms with Crippen molar-refractivity contribution < 1.29 is 14.2 Å². The summed E-state index contributed by atoms with van der Waals surface area (Å²) < 4.78 is 16.0. The summed E-state index contributed by atoms with van der Waals surface area (Å²) in [6.45, 7) is 8.05. The zero-order valence-electron chi connectivity index (χ0n) is 7.59. The third kappa shape index (κ3) is 1.92. The molecule has 2 atom stereocenters. The van der Waals surface area contributed by atoms with E-state index in [0.717, 1.165) is 0 Å². The van der Waals surface area contributed by atoms with Crippen LogP contribution in [0.4, 0.5) is 0 Å². The van der Waals surface area contributed by atoms with Crippen molar-refractivity contribution in [3.05, 3.63) is 0 Å². The fraction of sp³-hybridized carbons (Fsp3) is 1.00. The largest absolute Gasteiger partial charge is 0.330 e. The molecule has 0 bridgehead atoms. The van der Waals surface area contributed by atoms with Gasteiger partial charge in [-0.1, -0.05) is 0 Å². The lowest BCUT2D eigenvalue weighted by atomic mass is 10.0. The molecule has 1 heterocycles. The van der Waals surface area contributed by atoms with E-state index in [0.29, 0.717) is 6.61 Å². The fourth-order valence-electron chi connectivity index (χ4n) is 0.912. The minimum absolute atomic E-state index is 0.0963. The monoisotopic (exact) mass is 160 g/mol. The van der Waals surface area contributed by atoms with Crippen molar-refractivity contribution in [2.45, 2.75) is 45.9 Å². The van der Waals surface area contributed by atoms with Crippen LogP contribution in [-0.2, 0) is 14.2 Å². The summed E-state index contributed by atoms with van der Waals surface area (Å²) in [4.78, 5) is 0. The Balaban J connectivity index is 2.43. The van der Waals surface area contributed by atoms with E-state index in [1.54, 1.807) is 0 Å². The number of hydrogen-bond donors (Lipinski definition) is 0. The first-order valence-corrected chi connectivity index (χ1v) is 4.01. The van der Waals surface area contributed by atoms with Gasteiger partial charge in [-0.05, 0) is 27.7 Å². The lowest BCUT2D eigenvalue weighted by Crippen LogP contribution is -2.30. The first-order valence-electron chi connectivity index (χ1n) is 4.01. The molecule has 1 saturated heterocycles. The first kappa shape index (κ1) is 8.97. The molecule has 0 N–H and O–H groups in total. The fourth-order valence-corrected chi connectivity index (χ4v) is 0.912. The normalized spacial score (nSPS) is 36.0. The first-order chi connectivity index (χ1) is 5.06. The van der Waals surface area contributed by atoms with Crippen LogP contribution >= 0.6 is 0 Å². The van der Waals surface area contributed by atoms with Gasteiger partial charge in [0.1, 0.15) is 0 Å². The molecule has 3 nitrogen and oxygen atoms in total. The summed E-state index contributed by atoms with van der Waals surface area (Å²) in [5, 5.41) is 0. The Labute approximate surface area is 67.6 Å². The molecule has 1 aliphatic heterocycles. The maximum absolute atomic E-state index is 5.46. The Bertz CT molecular complexity index is 133. The standard InChI is InChI=1S/C8H16O3/c1-5-9-7-10-6(2)8(3,4)11-7/h6-7H,5H2,1-4H3. The average molecular weight is 160 g/mol. The summed E-state index contributed by atoms with van der Waals surface area (Å²) in [6.07, 6.45) is 0.0963. The Kier molecular flexibility index (Phi) is 2.52. The van der Waals surface area contributed by atoms with E-state index >= 15 is 0 Å². The van der Waals surface area contributed by atoms with Crippen LogP contribution in [0, 0.1) is 0 Å². The highest BCUT2D eigenvalue weighted by molar-refractivity contribution is 4.80. The smallest absolute Gasteiger partial charge is 0.272 e. The molecule has 0 spiro atoms. The zero-order chi connectivity index (χ0) is 8.48. The van der Waals surface area contributed by atoms with Crippen molar-refractivity contribution in [1.29, 1.82) is 0 Å². The van der Waals surface area contributed by atoms with E-state index in [9.17, 15) is 0 Å². The van der Waals surface area contributed by atoms with Crippen LogP contribution in [0.15, 0.2) is 0 Å². The van der Waals surface area contributed by atoms with Crippen molar-refractivity contribution >= 4 is 0 Å². The van der Waals surface area contributed by atoms with Gasteiger partial charge in [0.05, 0.1) is 11.7 Å². The van der Waals surface area contributed by atoms with Crippen LogP contribution < -0.4 is 0 Å². The maximum atomic E-state index is 5.46. The number of rotatable bonds is 2. The molecule has 0 aromatic heterocycles. The second kappa shape index (κ2) is 3.09. The topological polar surface area (TPSA) is 27.7 Å². The molecular weight excluding hydrogens is 144 g/mol. The van der Waals surface area contributed by atoms with Gasteiger partial charge in [0.15, 0.2) is 0 Å². The van der Waals surface area contributed by atoms with Gasteiger partial charge >= 0.3 is 0 Å². The van der Waals surface area contributed by atoms with Crippen molar-refractivity contribution in [2.75, 3.05) is 6.61 Å². The van der Waals surface area contributed by atoms with E-state index in [-0.39, 0.29) is 11.7 Å². The van der Waals surface area contributed by atoms with Crippen LogP contribution in [0.1, 0.15) is 27.7 Å². The Morgan fingerprint density at radius 1 is 1.45 bits per heavy atom. The molecule has 0 radical (unpaired) electrons. The van der Waals surface area contributed by atoms with E-state index in [1.165, 1.54) is 0 Å². The second-order valence-electron chi connectivity index (χ2n) is 3.24. The van der Waals surface area contributed by atoms with Crippen molar-refractivity contribution in [3.63, 3.8) is 0 Å². The number of ether oxygens (including phenoxy) is 3. The molecule has 3 heteroatoms. The van der Waals surface area contributed by atoms with Gasteiger partial charge < -0.3 is 14.2 Å². The summed E-state index contributed by atoms with van der Waals surface area (Å²) in [7, 11) is 0. The van der Waals surface area contributed by atoms with Crippen molar-refractivity contribution in [2.24, 2.45) is 0 Å². The third-order valence-corrected chi connectivity index (χ3v) is 2.00. The summed E-state index contributed by atoms with van der Waals surface area (Å²) in [6, 6.07) is 0. The molecule has 66 valence electrons. The molecule has 0 saturated carbocycles. The predicted octanol–water partition coefficient (Wildman–Crippen LogP) is 1.52. The number of hydrogen-bond acceptors (Lipinski definition) is 3. The van der Waals surface area contributed by atoms with E-state index < -0.39 is 6.48 Å². The van der Waals surface area contributed by atoms with Gasteiger partial charge in [-0.15, -0.1) is 0 Å². The van der Waals surface area contributed by atoms with Gasteiger partial charge in [0.25, 0.3) is 6.48 Å². The lowest BCUT2D eigenvalue weighted by Gasteiger charge is -2.19. The average Bonchev–Trinajstić information content (AvgIpc) is 2.08. The molecular formula is C8H16O3. The Morgan fingerprint density at radius 2 is 2.09 bits per heavy atom. The van der Waals surface area contributed by atoms with Crippen LogP contribution in [0.5, 0.6) is 0 Å². The van der Waals surface area contributed by atoms with Crippen LogP contribution in [-0.4, -0.2) is 24.8 Å². The molecule has 0 aliphatic carbocycles. The SMILES string of the molecule is CCOC1OC(C)C(C)(C)O1. The summed E-state index contributed by atoms with van der Waals surface area (Å²) in [5.41, 5.74) is -0.222. The minimum Gasteiger partial charge on any atom is -0.330 e. The summed E-state index contributed by atoms with van der Waals surface area (Å²) in [5.74, 6) is 0. The highest BCUT2D eigenvalue weighted by Crippen LogP contribution is 2.28. The van der Waals surface area contributed by atoms with Crippen LogP contribution in [0.3, 0.4) is 0 Å². The van der Waals surface area contributed by atoms with Crippen molar-refractivity contribution in [3.8, 4) is 0 Å². The lowest BCUT2D eigenvalue weighted by molar-refractivity contribution is -0.246. The van der Waals surface area contributed by atoms with E-state index in [4.69, 9.17) is 14.2 Å². The van der Waals surface area contributed by atoms with Gasteiger partial charge in [0, 0.05) is 6.61 Å². The van der Waals surface area contributed by atoms with Gasteiger partial charge in [-0.25, -0.2) is 0 Å². The van der Waals surface area contributed by atoms with Crippen LogP contribution in [0.2, 0.25) is 0 Å². The highest BCUT2D eigenvalue weighted by atomic mass is 16.9. The van der Waals surface area contributed by atoms with Crippen LogP contribution in [0.25, 0.3) is 0 Å². The molecule has 2 unspecified atom stereocenters. The third-order valence-electron chi connectivity index (χ3n) is 2.00. The summed E-state index contributed by atoms with van der Waals surface area (Å²) >= 11 is 0.